The summed E-state index contributed by atoms with van der Waals surface area (Å²) in [5.74, 6) is -1.25. The molecular formula is C34H53N5O8S. The molecule has 2 unspecified atom stereocenters. The molecule has 13 nitrogen and oxygen atoms in total. The lowest BCUT2D eigenvalue weighted by Crippen LogP contribution is -2.58. The predicted molar refractivity (Wildman–Crippen MR) is 184 cm³/mol. The van der Waals surface area contributed by atoms with Crippen molar-refractivity contribution in [1.82, 2.24) is 25.8 Å². The van der Waals surface area contributed by atoms with Crippen molar-refractivity contribution in [3.63, 3.8) is 0 Å². The van der Waals surface area contributed by atoms with Crippen LogP contribution in [0.3, 0.4) is 0 Å². The number of nitrogens with one attached hydrogen (secondary N) is 3. The molecule has 4 atom stereocenters. The molecule has 0 bridgehead atoms. The maximum atomic E-state index is 13.8. The summed E-state index contributed by atoms with van der Waals surface area (Å²) in [5, 5.41) is 19.3. The summed E-state index contributed by atoms with van der Waals surface area (Å²) in [7, 11) is 1.87. The van der Waals surface area contributed by atoms with Crippen LogP contribution in [0.15, 0.2) is 29.8 Å². The van der Waals surface area contributed by atoms with Crippen molar-refractivity contribution in [1.29, 1.82) is 0 Å². The van der Waals surface area contributed by atoms with Gasteiger partial charge in [0.2, 0.25) is 17.7 Å². The zero-order valence-corrected chi connectivity index (χ0v) is 29.9. The summed E-state index contributed by atoms with van der Waals surface area (Å²) in [6, 6.07) is 5.79. The van der Waals surface area contributed by atoms with Gasteiger partial charge in [-0.15, -0.1) is 11.3 Å². The van der Waals surface area contributed by atoms with Crippen molar-refractivity contribution in [2.45, 2.75) is 65.3 Å². The third-order valence-corrected chi connectivity index (χ3v) is 8.88. The summed E-state index contributed by atoms with van der Waals surface area (Å²) < 4.78 is 21.7. The number of aryl methyl sites for hydroxylation is 1. The number of likely N-dealkylation sites (N-methyl/N-ethyl adjacent to an activating group) is 1. The normalized spacial score (nSPS) is 17.7. The van der Waals surface area contributed by atoms with Crippen LogP contribution in [-0.2, 0) is 33.3 Å². The number of carbonyl (C=O) groups is 3. The topological polar surface area (TPSA) is 161 Å². The molecule has 0 radical (unpaired) electrons. The average molecular weight is 692 g/mol. The zero-order chi connectivity index (χ0) is 35.1. The fraction of sp³-hybridized carbons (Fsp3) is 0.647. The van der Waals surface area contributed by atoms with Crippen molar-refractivity contribution in [2.24, 2.45) is 5.41 Å². The quantitative estimate of drug-likeness (QED) is 0.151. The summed E-state index contributed by atoms with van der Waals surface area (Å²) in [4.78, 5) is 46.9. The third kappa shape index (κ3) is 12.5. The van der Waals surface area contributed by atoms with Crippen LogP contribution in [0, 0.1) is 12.3 Å². The SMILES string of the molecule is CNCCOCCOCCOCCOCC(=O)NC(C(=O)N1C[C@H](O)C[C@H]1C(=O)NC(C)c1ccc(-c2scnc2C)cc1)C(C)(C)C. The Kier molecular flexibility index (Phi) is 16.3. The Hall–Kier alpha value is -2.98. The monoisotopic (exact) mass is 691 g/mol. The number of aliphatic hydroxyl groups excluding tert-OH is 1. The number of rotatable bonds is 20. The van der Waals surface area contributed by atoms with Gasteiger partial charge in [0.15, 0.2) is 0 Å². The number of aromatic nitrogens is 1. The first-order valence-corrected chi connectivity index (χ1v) is 17.3. The Morgan fingerprint density at radius 1 is 0.979 bits per heavy atom. The molecule has 268 valence electrons. The van der Waals surface area contributed by atoms with Crippen LogP contribution in [0.4, 0.5) is 0 Å². The van der Waals surface area contributed by atoms with E-state index in [4.69, 9.17) is 18.9 Å². The van der Waals surface area contributed by atoms with Gasteiger partial charge in [0.25, 0.3) is 0 Å². The maximum Gasteiger partial charge on any atom is 0.246 e. The molecule has 2 aromatic rings. The number of likely N-dealkylation sites (tertiary alicyclic amines) is 1. The fourth-order valence-corrected chi connectivity index (χ4v) is 6.03. The minimum atomic E-state index is -0.940. The van der Waals surface area contributed by atoms with Gasteiger partial charge in [0.05, 0.1) is 74.5 Å². The van der Waals surface area contributed by atoms with Crippen LogP contribution < -0.4 is 16.0 Å². The second-order valence-electron chi connectivity index (χ2n) is 12.9. The number of hydrogen-bond acceptors (Lipinski definition) is 11. The Morgan fingerprint density at radius 3 is 2.15 bits per heavy atom. The van der Waals surface area contributed by atoms with Crippen molar-refractivity contribution >= 4 is 29.1 Å². The van der Waals surface area contributed by atoms with E-state index in [1.165, 1.54) is 4.90 Å². The smallest absolute Gasteiger partial charge is 0.246 e. The molecule has 0 aliphatic carbocycles. The Morgan fingerprint density at radius 2 is 1.58 bits per heavy atom. The van der Waals surface area contributed by atoms with E-state index < -0.39 is 35.4 Å². The first-order chi connectivity index (χ1) is 22.9. The molecule has 1 aromatic heterocycles. The van der Waals surface area contributed by atoms with Crippen LogP contribution in [-0.4, -0.2) is 124 Å². The van der Waals surface area contributed by atoms with Crippen molar-refractivity contribution in [2.75, 3.05) is 73.0 Å². The van der Waals surface area contributed by atoms with E-state index in [0.717, 1.165) is 28.2 Å². The fourth-order valence-electron chi connectivity index (χ4n) is 5.22. The molecule has 3 rings (SSSR count). The van der Waals surface area contributed by atoms with Crippen molar-refractivity contribution in [3.8, 4) is 10.4 Å². The molecule has 1 aromatic carbocycles. The molecule has 14 heteroatoms. The molecule has 4 N–H and O–H groups in total. The van der Waals surface area contributed by atoms with E-state index in [1.54, 1.807) is 11.3 Å². The van der Waals surface area contributed by atoms with Gasteiger partial charge in [0, 0.05) is 19.5 Å². The van der Waals surface area contributed by atoms with E-state index in [1.807, 2.05) is 71.4 Å². The van der Waals surface area contributed by atoms with E-state index in [2.05, 4.69) is 20.9 Å². The lowest BCUT2D eigenvalue weighted by atomic mass is 9.85. The molecule has 1 aliphatic heterocycles. The van der Waals surface area contributed by atoms with Crippen LogP contribution in [0.25, 0.3) is 10.4 Å². The zero-order valence-electron chi connectivity index (χ0n) is 29.1. The summed E-state index contributed by atoms with van der Waals surface area (Å²) >= 11 is 1.58. The Bertz CT molecular complexity index is 1290. The second-order valence-corrected chi connectivity index (χ2v) is 13.7. The number of nitrogens with zero attached hydrogens (tertiary/aromatic N) is 2. The number of hydrogen-bond donors (Lipinski definition) is 4. The first-order valence-electron chi connectivity index (χ1n) is 16.5. The molecule has 2 heterocycles. The van der Waals surface area contributed by atoms with E-state index in [-0.39, 0.29) is 44.7 Å². The highest BCUT2D eigenvalue weighted by atomic mass is 32.1. The molecule has 3 amide bonds. The lowest BCUT2D eigenvalue weighted by molar-refractivity contribution is -0.144. The molecule has 0 saturated carbocycles. The largest absolute Gasteiger partial charge is 0.391 e. The number of amides is 3. The number of benzene rings is 1. The van der Waals surface area contributed by atoms with Crippen LogP contribution >= 0.6 is 11.3 Å². The third-order valence-electron chi connectivity index (χ3n) is 7.91. The number of β-amino-alcohol motifs (C(OH)–C–C–N with tert-alkyl or cyclic N) is 1. The van der Waals surface area contributed by atoms with Crippen molar-refractivity contribution in [3.05, 3.63) is 41.0 Å². The number of aliphatic hydroxyl groups is 1. The highest BCUT2D eigenvalue weighted by Crippen LogP contribution is 2.29. The average Bonchev–Trinajstić information content (AvgIpc) is 3.66. The van der Waals surface area contributed by atoms with Gasteiger partial charge in [-0.25, -0.2) is 4.98 Å². The summed E-state index contributed by atoms with van der Waals surface area (Å²) in [6.45, 7) is 12.8. The van der Waals surface area contributed by atoms with Crippen LogP contribution in [0.5, 0.6) is 0 Å². The van der Waals surface area contributed by atoms with Gasteiger partial charge < -0.3 is 44.9 Å². The van der Waals surface area contributed by atoms with Gasteiger partial charge in [0.1, 0.15) is 18.7 Å². The van der Waals surface area contributed by atoms with Gasteiger partial charge in [-0.05, 0) is 37.4 Å². The predicted octanol–water partition coefficient (Wildman–Crippen LogP) is 2.07. The van der Waals surface area contributed by atoms with E-state index in [0.29, 0.717) is 33.0 Å². The van der Waals surface area contributed by atoms with Crippen molar-refractivity contribution < 1.29 is 38.4 Å². The van der Waals surface area contributed by atoms with E-state index in [9.17, 15) is 19.5 Å². The van der Waals surface area contributed by atoms with Gasteiger partial charge in [-0.3, -0.25) is 14.4 Å². The molecule has 0 spiro atoms. The summed E-state index contributed by atoms with van der Waals surface area (Å²) in [6.07, 6.45) is -0.749. The minimum absolute atomic E-state index is 0.00242. The van der Waals surface area contributed by atoms with Gasteiger partial charge >= 0.3 is 0 Å². The molecule has 1 aliphatic rings. The minimum Gasteiger partial charge on any atom is -0.391 e. The maximum absolute atomic E-state index is 13.8. The molecule has 1 fully saturated rings. The molecule has 48 heavy (non-hydrogen) atoms. The Balaban J connectivity index is 1.46. The van der Waals surface area contributed by atoms with Crippen LogP contribution in [0.2, 0.25) is 0 Å². The van der Waals surface area contributed by atoms with Gasteiger partial charge in [-0.2, -0.15) is 0 Å². The van der Waals surface area contributed by atoms with Crippen LogP contribution in [0.1, 0.15) is 51.4 Å². The van der Waals surface area contributed by atoms with Gasteiger partial charge in [-0.1, -0.05) is 45.0 Å². The molecule has 1 saturated heterocycles. The first kappa shape index (κ1) is 39.5. The highest BCUT2D eigenvalue weighted by molar-refractivity contribution is 7.13. The second kappa shape index (κ2) is 19.9. The summed E-state index contributed by atoms with van der Waals surface area (Å²) in [5.41, 5.74) is 4.08. The standard InChI is InChI=1S/C34H53N5O8S/c1-23(25-7-9-26(10-8-25)30-24(2)36-22-48-30)37-32(42)28-19-27(40)20-39(28)33(43)31(34(3,4)5)38-29(41)21-47-18-17-46-16-15-45-14-13-44-12-11-35-6/h7-10,22-23,27-28,31,35,40H,11-21H2,1-6H3,(H,37,42)(H,38,41)/t23?,27-,28+,31?/m1/s1. The number of ether oxygens (including phenoxy) is 4. The lowest BCUT2D eigenvalue weighted by Gasteiger charge is -2.35. The number of carbonyl (C=O) groups excluding carboxylic acids is 3. The Labute approximate surface area is 288 Å². The molecular weight excluding hydrogens is 638 g/mol. The number of thiazole rings is 1. The highest BCUT2D eigenvalue weighted by Gasteiger charge is 2.44. The van der Waals surface area contributed by atoms with E-state index >= 15 is 0 Å².